The molecule has 1 aromatic rings. The molecule has 0 aliphatic carbocycles. The van der Waals surface area contributed by atoms with E-state index in [1.54, 1.807) is 18.3 Å². The molecule has 1 atom stereocenters. The third kappa shape index (κ3) is 8.38. The van der Waals surface area contributed by atoms with Gasteiger partial charge in [-0.05, 0) is 57.5 Å². The molecule has 1 rings (SSSR count). The van der Waals surface area contributed by atoms with E-state index in [9.17, 15) is 0 Å². The highest BCUT2D eigenvalue weighted by Gasteiger charge is 2.38. The van der Waals surface area contributed by atoms with Crippen molar-refractivity contribution < 1.29 is 9.53 Å². The molecule has 0 aliphatic rings. The lowest BCUT2D eigenvalue weighted by Crippen LogP contribution is -2.43. The Kier molecular flexibility index (Phi) is 9.35. The lowest BCUT2D eigenvalue weighted by Gasteiger charge is -2.38. The van der Waals surface area contributed by atoms with E-state index in [0.29, 0.717) is 0 Å². The predicted molar refractivity (Wildman–Crippen MR) is 110 cm³/mol. The fourth-order valence-electron chi connectivity index (χ4n) is 1.51. The third-order valence-corrected chi connectivity index (χ3v) is 9.55. The molecule has 0 spiro atoms. The minimum absolute atomic E-state index is 0.111. The maximum atomic E-state index is 8.04. The second kappa shape index (κ2) is 9.66. The number of hydrogen-bond donors (Lipinski definition) is 1. The summed E-state index contributed by atoms with van der Waals surface area (Å²) in [5.74, 6) is 0. The first-order valence-corrected chi connectivity index (χ1v) is 12.1. The maximum Gasteiger partial charge on any atom is 0.192 e. The van der Waals surface area contributed by atoms with Gasteiger partial charge in [0.05, 0.1) is 23.4 Å². The Morgan fingerprint density at radius 1 is 1.42 bits per heavy atom. The zero-order valence-corrected chi connectivity index (χ0v) is 18.7. The molecule has 1 aromatic heterocycles. The number of aliphatic hydroxyl groups is 1. The first kappa shape index (κ1) is 23.2. The Morgan fingerprint density at radius 2 is 1.92 bits per heavy atom. The lowest BCUT2D eigenvalue weighted by atomic mass is 10.1. The lowest BCUT2D eigenvalue weighted by molar-refractivity contribution is 0.233. The Balaban J connectivity index is 0.000000922. The summed E-state index contributed by atoms with van der Waals surface area (Å²) in [6.07, 6.45) is 2.30. The Morgan fingerprint density at radius 3 is 2.25 bits per heavy atom. The van der Waals surface area contributed by atoms with Gasteiger partial charge in [0.1, 0.15) is 0 Å². The number of thiazole rings is 1. The summed E-state index contributed by atoms with van der Waals surface area (Å²) < 4.78 is 6.39. The monoisotopic (exact) mass is 369 g/mol. The Labute approximate surface area is 153 Å². The molecule has 0 saturated heterocycles. The van der Waals surface area contributed by atoms with Gasteiger partial charge < -0.3 is 9.53 Å². The minimum Gasteiger partial charge on any atom is -0.411 e. The molecule has 0 aromatic carbocycles. The molecule has 138 valence electrons. The zero-order chi connectivity index (χ0) is 19.1. The SMILES string of the molecule is C/C(=C\c1csc(C)n1)[C@H](C)O[Si](C)(C)C(C)(C)C.C=C(C)CO. The summed E-state index contributed by atoms with van der Waals surface area (Å²) in [6.45, 7) is 23.0. The molecule has 1 heterocycles. The van der Waals surface area contributed by atoms with Crippen molar-refractivity contribution in [2.24, 2.45) is 0 Å². The highest BCUT2D eigenvalue weighted by Crippen LogP contribution is 2.38. The second-order valence-corrected chi connectivity index (χ2v) is 13.6. The molecule has 3 nitrogen and oxygen atoms in total. The quantitative estimate of drug-likeness (QED) is 0.525. The van der Waals surface area contributed by atoms with Crippen LogP contribution in [0.1, 0.15) is 52.2 Å². The van der Waals surface area contributed by atoms with Crippen molar-refractivity contribution in [2.75, 3.05) is 6.61 Å². The molecule has 0 unspecified atom stereocenters. The van der Waals surface area contributed by atoms with Crippen LogP contribution in [-0.2, 0) is 4.43 Å². The van der Waals surface area contributed by atoms with Gasteiger partial charge in [0, 0.05) is 5.38 Å². The molecule has 0 bridgehead atoms. The maximum absolute atomic E-state index is 8.04. The average Bonchev–Trinajstić information content (AvgIpc) is 2.82. The van der Waals surface area contributed by atoms with Gasteiger partial charge in [-0.2, -0.15) is 0 Å². The van der Waals surface area contributed by atoms with E-state index in [-0.39, 0.29) is 17.7 Å². The van der Waals surface area contributed by atoms with Crippen molar-refractivity contribution in [1.29, 1.82) is 0 Å². The van der Waals surface area contributed by atoms with Gasteiger partial charge in [-0.25, -0.2) is 4.98 Å². The van der Waals surface area contributed by atoms with E-state index < -0.39 is 8.32 Å². The van der Waals surface area contributed by atoms with Crippen LogP contribution in [0.25, 0.3) is 6.08 Å². The number of nitrogens with zero attached hydrogens (tertiary/aromatic N) is 1. The zero-order valence-electron chi connectivity index (χ0n) is 16.9. The fraction of sp³-hybridized carbons (Fsp3) is 0.632. The van der Waals surface area contributed by atoms with E-state index >= 15 is 0 Å². The summed E-state index contributed by atoms with van der Waals surface area (Å²) in [6, 6.07) is 0. The number of aryl methyl sites for hydroxylation is 1. The number of rotatable bonds is 5. The smallest absolute Gasteiger partial charge is 0.192 e. The molecule has 0 amide bonds. The molecular formula is C19H35NO2SSi. The largest absolute Gasteiger partial charge is 0.411 e. The van der Waals surface area contributed by atoms with Crippen molar-refractivity contribution in [3.05, 3.63) is 33.8 Å². The molecule has 0 aliphatic heterocycles. The molecule has 0 fully saturated rings. The van der Waals surface area contributed by atoms with E-state index in [2.05, 4.69) is 70.7 Å². The van der Waals surface area contributed by atoms with Crippen molar-refractivity contribution in [1.82, 2.24) is 4.98 Å². The summed E-state index contributed by atoms with van der Waals surface area (Å²) in [5.41, 5.74) is 3.10. The van der Waals surface area contributed by atoms with Gasteiger partial charge >= 0.3 is 0 Å². The Bertz CT molecular complexity index is 556. The highest BCUT2D eigenvalue weighted by molar-refractivity contribution is 7.09. The molecule has 5 heteroatoms. The number of aliphatic hydroxyl groups excluding tert-OH is 1. The van der Waals surface area contributed by atoms with Crippen LogP contribution >= 0.6 is 11.3 Å². The molecule has 0 radical (unpaired) electrons. The van der Waals surface area contributed by atoms with Crippen molar-refractivity contribution in [2.45, 2.75) is 72.7 Å². The van der Waals surface area contributed by atoms with Crippen LogP contribution in [0.4, 0.5) is 0 Å². The van der Waals surface area contributed by atoms with Gasteiger partial charge in [-0.15, -0.1) is 11.3 Å². The van der Waals surface area contributed by atoms with Gasteiger partial charge in [-0.3, -0.25) is 0 Å². The number of aromatic nitrogens is 1. The summed E-state index contributed by atoms with van der Waals surface area (Å²) >= 11 is 1.69. The van der Waals surface area contributed by atoms with E-state index in [0.717, 1.165) is 16.3 Å². The molecule has 1 N–H and O–H groups in total. The summed E-state index contributed by atoms with van der Waals surface area (Å²) in [5, 5.41) is 11.5. The summed E-state index contributed by atoms with van der Waals surface area (Å²) in [4.78, 5) is 4.48. The van der Waals surface area contributed by atoms with Crippen LogP contribution in [0.15, 0.2) is 23.1 Å². The van der Waals surface area contributed by atoms with Crippen LogP contribution in [-0.4, -0.2) is 31.1 Å². The first-order valence-electron chi connectivity index (χ1n) is 8.33. The van der Waals surface area contributed by atoms with Crippen LogP contribution in [0.5, 0.6) is 0 Å². The van der Waals surface area contributed by atoms with Gasteiger partial charge in [0.2, 0.25) is 0 Å². The molecule has 0 saturated carbocycles. The molecule has 24 heavy (non-hydrogen) atoms. The molecular weight excluding hydrogens is 334 g/mol. The highest BCUT2D eigenvalue weighted by atomic mass is 32.1. The fourth-order valence-corrected chi connectivity index (χ4v) is 3.50. The third-order valence-electron chi connectivity index (χ3n) is 4.20. The van der Waals surface area contributed by atoms with Crippen LogP contribution in [0, 0.1) is 6.92 Å². The van der Waals surface area contributed by atoms with Crippen LogP contribution in [0.3, 0.4) is 0 Å². The van der Waals surface area contributed by atoms with Crippen molar-refractivity contribution in [3.8, 4) is 0 Å². The predicted octanol–water partition coefficient (Wildman–Crippen LogP) is 5.82. The minimum atomic E-state index is -1.70. The Hall–Kier alpha value is -0.753. The van der Waals surface area contributed by atoms with E-state index in [4.69, 9.17) is 9.53 Å². The first-order chi connectivity index (χ1) is 10.8. The normalized spacial score (nSPS) is 14.0. The average molecular weight is 370 g/mol. The van der Waals surface area contributed by atoms with Gasteiger partial charge in [0.25, 0.3) is 0 Å². The summed E-state index contributed by atoms with van der Waals surface area (Å²) in [7, 11) is -1.70. The van der Waals surface area contributed by atoms with Crippen LogP contribution in [0.2, 0.25) is 18.1 Å². The van der Waals surface area contributed by atoms with Gasteiger partial charge in [-0.1, -0.05) is 32.9 Å². The van der Waals surface area contributed by atoms with Crippen molar-refractivity contribution >= 4 is 25.7 Å². The standard InChI is InChI=1S/C15H27NOSSi.C4H8O/c1-11(9-14-10-18-13(3)16-14)12(2)17-19(7,8)15(4,5)6;1-4(2)3-5/h9-10,12H,1-8H3;5H,1,3H2,2H3/b11-9+;/t12-;/m0./s1. The van der Waals surface area contributed by atoms with Gasteiger partial charge in [0.15, 0.2) is 8.32 Å². The topological polar surface area (TPSA) is 42.4 Å². The van der Waals surface area contributed by atoms with E-state index in [1.807, 2.05) is 6.92 Å². The second-order valence-electron chi connectivity index (χ2n) is 7.82. The van der Waals surface area contributed by atoms with Crippen LogP contribution < -0.4 is 0 Å². The van der Waals surface area contributed by atoms with E-state index in [1.165, 1.54) is 5.57 Å². The number of hydrogen-bond acceptors (Lipinski definition) is 4. The van der Waals surface area contributed by atoms with Crippen molar-refractivity contribution in [3.63, 3.8) is 0 Å².